The van der Waals surface area contributed by atoms with Gasteiger partial charge in [0.25, 0.3) is 5.91 Å². The highest BCUT2D eigenvalue weighted by Crippen LogP contribution is 2.40. The largest absolute Gasteiger partial charge is 0.342 e. The fraction of sp³-hybridized carbons (Fsp3) is 0.278. The van der Waals surface area contributed by atoms with Gasteiger partial charge in [-0.05, 0) is 36.5 Å². The molecule has 0 spiro atoms. The number of H-pyrrole nitrogens is 1. The Balaban J connectivity index is 1.57. The minimum atomic E-state index is -0.0692. The van der Waals surface area contributed by atoms with Gasteiger partial charge in [-0.1, -0.05) is 12.1 Å². The van der Waals surface area contributed by atoms with Crippen molar-refractivity contribution in [3.63, 3.8) is 0 Å². The molecule has 0 saturated heterocycles. The molecular formula is C18H19N5O. The summed E-state index contributed by atoms with van der Waals surface area (Å²) >= 11 is 0. The first-order valence-electron chi connectivity index (χ1n) is 8.09. The molecule has 1 amide bonds. The Morgan fingerprint density at radius 3 is 2.92 bits per heavy atom. The van der Waals surface area contributed by atoms with Crippen LogP contribution in [0, 0.1) is 5.92 Å². The van der Waals surface area contributed by atoms with E-state index in [0.717, 1.165) is 29.8 Å². The summed E-state index contributed by atoms with van der Waals surface area (Å²) in [6.45, 7) is 0. The monoisotopic (exact) mass is 321 g/mol. The minimum Gasteiger partial charge on any atom is -0.342 e. The van der Waals surface area contributed by atoms with Gasteiger partial charge >= 0.3 is 0 Å². The van der Waals surface area contributed by atoms with Crippen LogP contribution in [0.15, 0.2) is 49.1 Å². The van der Waals surface area contributed by atoms with Crippen LogP contribution in [0.5, 0.6) is 0 Å². The van der Waals surface area contributed by atoms with Crippen molar-refractivity contribution in [2.75, 3.05) is 0 Å². The van der Waals surface area contributed by atoms with E-state index in [0.29, 0.717) is 11.5 Å². The second kappa shape index (κ2) is 5.96. The van der Waals surface area contributed by atoms with Crippen molar-refractivity contribution in [1.82, 2.24) is 25.1 Å². The van der Waals surface area contributed by atoms with Gasteiger partial charge in [0, 0.05) is 36.8 Å². The number of nitrogens with one attached hydrogen (secondary N) is 2. The Kier molecular flexibility index (Phi) is 3.65. The second-order valence-corrected chi connectivity index (χ2v) is 6.25. The maximum atomic E-state index is 12.7. The van der Waals surface area contributed by atoms with Gasteiger partial charge in [0.2, 0.25) is 0 Å². The lowest BCUT2D eigenvalue weighted by atomic mass is 10.0. The van der Waals surface area contributed by atoms with Crippen LogP contribution < -0.4 is 5.32 Å². The molecule has 1 aromatic carbocycles. The summed E-state index contributed by atoms with van der Waals surface area (Å²) in [5.41, 5.74) is 2.58. The van der Waals surface area contributed by atoms with Gasteiger partial charge in [0.15, 0.2) is 0 Å². The number of aryl methyl sites for hydroxylation is 1. The van der Waals surface area contributed by atoms with Crippen LogP contribution in [-0.4, -0.2) is 25.7 Å². The minimum absolute atomic E-state index is 0.0323. The number of rotatable bonds is 5. The van der Waals surface area contributed by atoms with Crippen molar-refractivity contribution in [1.29, 1.82) is 0 Å². The zero-order valence-electron chi connectivity index (χ0n) is 13.4. The molecule has 1 atom stereocenters. The van der Waals surface area contributed by atoms with E-state index in [4.69, 9.17) is 0 Å². The van der Waals surface area contributed by atoms with Gasteiger partial charge in [-0.15, -0.1) is 0 Å². The van der Waals surface area contributed by atoms with Gasteiger partial charge in [0.1, 0.15) is 5.82 Å². The van der Waals surface area contributed by atoms with Gasteiger partial charge in [-0.2, -0.15) is 5.10 Å². The summed E-state index contributed by atoms with van der Waals surface area (Å²) in [5.74, 6) is 1.32. The molecule has 4 rings (SSSR count). The topological polar surface area (TPSA) is 75.6 Å². The van der Waals surface area contributed by atoms with E-state index < -0.39 is 0 Å². The zero-order valence-corrected chi connectivity index (χ0v) is 13.4. The highest BCUT2D eigenvalue weighted by atomic mass is 16.1. The Labute approximate surface area is 139 Å². The van der Waals surface area contributed by atoms with E-state index in [9.17, 15) is 4.79 Å². The molecule has 1 aliphatic rings. The highest BCUT2D eigenvalue weighted by Gasteiger charge is 2.35. The molecule has 2 aromatic heterocycles. The molecule has 2 heterocycles. The average Bonchev–Trinajstić information content (AvgIpc) is 3.11. The predicted molar refractivity (Wildman–Crippen MR) is 90.2 cm³/mol. The van der Waals surface area contributed by atoms with Crippen molar-refractivity contribution < 1.29 is 4.79 Å². The van der Waals surface area contributed by atoms with Crippen molar-refractivity contribution in [3.8, 4) is 11.1 Å². The standard InChI is InChI=1S/C18H19N5O/c1-23-8-7-19-17(23)16(12-5-6-12)22-18(24)14-4-2-3-13(9-14)15-10-20-21-11-15/h2-4,7-12,16H,5-6H2,1H3,(H,20,21)(H,22,24)/t16-/m0/s1. The molecule has 1 saturated carbocycles. The summed E-state index contributed by atoms with van der Waals surface area (Å²) in [5, 5.41) is 9.92. The van der Waals surface area contributed by atoms with Gasteiger partial charge in [-0.3, -0.25) is 9.89 Å². The summed E-state index contributed by atoms with van der Waals surface area (Å²) < 4.78 is 1.98. The average molecular weight is 321 g/mol. The Hall–Kier alpha value is -2.89. The van der Waals surface area contributed by atoms with E-state index in [2.05, 4.69) is 20.5 Å². The molecule has 0 radical (unpaired) electrons. The number of aromatic nitrogens is 4. The number of benzene rings is 1. The number of hydrogen-bond acceptors (Lipinski definition) is 3. The van der Waals surface area contributed by atoms with Gasteiger partial charge in [-0.25, -0.2) is 4.98 Å². The fourth-order valence-corrected chi connectivity index (χ4v) is 2.97. The van der Waals surface area contributed by atoms with E-state index in [1.165, 1.54) is 0 Å². The molecule has 0 bridgehead atoms. The van der Waals surface area contributed by atoms with Crippen LogP contribution in [0.3, 0.4) is 0 Å². The van der Waals surface area contributed by atoms with Crippen LogP contribution in [0.2, 0.25) is 0 Å². The van der Waals surface area contributed by atoms with E-state index in [1.807, 2.05) is 48.3 Å². The molecule has 0 unspecified atom stereocenters. The first-order valence-corrected chi connectivity index (χ1v) is 8.09. The number of carbonyl (C=O) groups excluding carboxylic acids is 1. The fourth-order valence-electron chi connectivity index (χ4n) is 2.97. The maximum absolute atomic E-state index is 12.7. The third kappa shape index (κ3) is 2.82. The predicted octanol–water partition coefficient (Wildman–Crippen LogP) is 2.69. The lowest BCUT2D eigenvalue weighted by Gasteiger charge is -2.18. The smallest absolute Gasteiger partial charge is 0.251 e. The highest BCUT2D eigenvalue weighted by molar-refractivity contribution is 5.95. The summed E-state index contributed by atoms with van der Waals surface area (Å²) in [7, 11) is 1.96. The maximum Gasteiger partial charge on any atom is 0.251 e. The van der Waals surface area contributed by atoms with E-state index in [1.54, 1.807) is 12.4 Å². The molecular weight excluding hydrogens is 302 g/mol. The summed E-state index contributed by atoms with van der Waals surface area (Å²) in [4.78, 5) is 17.2. The quantitative estimate of drug-likeness (QED) is 0.758. The number of carbonyl (C=O) groups is 1. The van der Waals surface area contributed by atoms with Gasteiger partial charge < -0.3 is 9.88 Å². The zero-order chi connectivity index (χ0) is 16.5. The third-order valence-corrected chi connectivity index (χ3v) is 4.47. The Morgan fingerprint density at radius 2 is 2.25 bits per heavy atom. The summed E-state index contributed by atoms with van der Waals surface area (Å²) in [6.07, 6.45) is 9.52. The van der Waals surface area contributed by atoms with Crippen LogP contribution in [0.4, 0.5) is 0 Å². The van der Waals surface area contributed by atoms with Crippen molar-refractivity contribution in [3.05, 3.63) is 60.4 Å². The van der Waals surface area contributed by atoms with E-state index in [-0.39, 0.29) is 11.9 Å². The van der Waals surface area contributed by atoms with Crippen LogP contribution >= 0.6 is 0 Å². The normalized spacial score (nSPS) is 15.2. The lowest BCUT2D eigenvalue weighted by molar-refractivity contribution is 0.0929. The molecule has 0 aliphatic heterocycles. The number of nitrogens with zero attached hydrogens (tertiary/aromatic N) is 3. The molecule has 122 valence electrons. The van der Waals surface area contributed by atoms with Gasteiger partial charge in [0.05, 0.1) is 12.2 Å². The molecule has 6 heteroatoms. The van der Waals surface area contributed by atoms with Crippen LogP contribution in [0.1, 0.15) is 35.1 Å². The number of amides is 1. The molecule has 1 fully saturated rings. The van der Waals surface area contributed by atoms with Crippen LogP contribution in [-0.2, 0) is 7.05 Å². The SMILES string of the molecule is Cn1ccnc1[C@@H](NC(=O)c1cccc(-c2cn[nH]c2)c1)C1CC1. The van der Waals surface area contributed by atoms with Crippen molar-refractivity contribution >= 4 is 5.91 Å². The molecule has 3 aromatic rings. The third-order valence-electron chi connectivity index (χ3n) is 4.47. The molecule has 6 nitrogen and oxygen atoms in total. The molecule has 24 heavy (non-hydrogen) atoms. The molecule has 1 aliphatic carbocycles. The summed E-state index contributed by atoms with van der Waals surface area (Å²) in [6, 6.07) is 7.56. The Bertz CT molecular complexity index is 848. The number of imidazole rings is 1. The second-order valence-electron chi connectivity index (χ2n) is 6.25. The van der Waals surface area contributed by atoms with Crippen molar-refractivity contribution in [2.24, 2.45) is 13.0 Å². The van der Waals surface area contributed by atoms with Crippen LogP contribution in [0.25, 0.3) is 11.1 Å². The Morgan fingerprint density at radius 1 is 1.38 bits per heavy atom. The first kappa shape index (κ1) is 14.7. The van der Waals surface area contributed by atoms with E-state index >= 15 is 0 Å². The first-order chi connectivity index (χ1) is 11.7. The number of aromatic amines is 1. The van der Waals surface area contributed by atoms with Crippen molar-refractivity contribution in [2.45, 2.75) is 18.9 Å². The molecule has 2 N–H and O–H groups in total. The lowest BCUT2D eigenvalue weighted by Crippen LogP contribution is -2.31. The number of hydrogen-bond donors (Lipinski definition) is 2.